The van der Waals surface area contributed by atoms with Gasteiger partial charge in [-0.05, 0) is 61.1 Å². The minimum Gasteiger partial charge on any atom is -0.493 e. The van der Waals surface area contributed by atoms with Crippen LogP contribution in [0.15, 0.2) is 36.4 Å². The number of methoxy groups -OCH3 is 4. The van der Waals surface area contributed by atoms with Gasteiger partial charge in [-0.15, -0.1) is 0 Å². The maximum absolute atomic E-state index is 13.6. The second-order valence-corrected chi connectivity index (χ2v) is 8.22. The molecule has 1 aliphatic rings. The molecule has 168 valence electrons. The highest BCUT2D eigenvalue weighted by Gasteiger charge is 2.29. The zero-order chi connectivity index (χ0) is 22.2. The standard InChI is InChI=1S/C26H34O5/c1-28-22-12-10-18(16-24(22)30-3)14-20-8-6-5-7-9-21(26(20)27)15-19-11-13-23(29-2)25(17-19)31-4/h10-13,16-17,20-21H,5-9,14-15H2,1-4H3. The summed E-state index contributed by atoms with van der Waals surface area (Å²) < 4.78 is 21.6. The van der Waals surface area contributed by atoms with Crippen LogP contribution >= 0.6 is 0 Å². The summed E-state index contributed by atoms with van der Waals surface area (Å²) in [6, 6.07) is 11.9. The van der Waals surface area contributed by atoms with E-state index in [0.29, 0.717) is 28.8 Å². The molecule has 3 rings (SSSR count). The third-order valence-corrected chi connectivity index (χ3v) is 6.27. The first kappa shape index (κ1) is 23.0. The molecule has 0 amide bonds. The van der Waals surface area contributed by atoms with E-state index >= 15 is 0 Å². The average molecular weight is 427 g/mol. The summed E-state index contributed by atoms with van der Waals surface area (Å²) in [7, 11) is 6.55. The number of benzene rings is 2. The van der Waals surface area contributed by atoms with E-state index < -0.39 is 0 Å². The summed E-state index contributed by atoms with van der Waals surface area (Å²) in [6.07, 6.45) is 6.74. The molecule has 2 aromatic rings. The van der Waals surface area contributed by atoms with Crippen molar-refractivity contribution in [1.29, 1.82) is 0 Å². The first-order chi connectivity index (χ1) is 15.1. The number of ether oxygens (including phenoxy) is 4. The number of carbonyl (C=O) groups excluding carboxylic acids is 1. The Morgan fingerprint density at radius 3 is 1.45 bits per heavy atom. The Morgan fingerprint density at radius 1 is 0.645 bits per heavy atom. The fourth-order valence-corrected chi connectivity index (χ4v) is 4.57. The first-order valence-electron chi connectivity index (χ1n) is 11.0. The molecule has 0 spiro atoms. The van der Waals surface area contributed by atoms with E-state index in [-0.39, 0.29) is 11.8 Å². The molecule has 0 aliphatic heterocycles. The fourth-order valence-electron chi connectivity index (χ4n) is 4.57. The zero-order valence-corrected chi connectivity index (χ0v) is 19.1. The van der Waals surface area contributed by atoms with Crippen LogP contribution in [0, 0.1) is 11.8 Å². The SMILES string of the molecule is COc1ccc(CC2CCCCCC(Cc3ccc(OC)c(OC)c3)C2=O)cc1OC. The summed E-state index contributed by atoms with van der Waals surface area (Å²) in [5, 5.41) is 0. The molecule has 1 aliphatic carbocycles. The van der Waals surface area contributed by atoms with Gasteiger partial charge in [0.15, 0.2) is 23.0 Å². The Hall–Kier alpha value is -2.69. The lowest BCUT2D eigenvalue weighted by Gasteiger charge is -2.26. The van der Waals surface area contributed by atoms with Crippen molar-refractivity contribution in [2.24, 2.45) is 11.8 Å². The normalized spacial score (nSPS) is 19.3. The molecule has 31 heavy (non-hydrogen) atoms. The van der Waals surface area contributed by atoms with Crippen molar-refractivity contribution in [1.82, 2.24) is 0 Å². The van der Waals surface area contributed by atoms with Gasteiger partial charge in [0.05, 0.1) is 28.4 Å². The van der Waals surface area contributed by atoms with Crippen molar-refractivity contribution in [3.63, 3.8) is 0 Å². The molecule has 0 saturated heterocycles. The monoisotopic (exact) mass is 426 g/mol. The van der Waals surface area contributed by atoms with Crippen molar-refractivity contribution >= 4 is 5.78 Å². The fraction of sp³-hybridized carbons (Fsp3) is 0.500. The maximum atomic E-state index is 13.6. The van der Waals surface area contributed by atoms with Gasteiger partial charge < -0.3 is 18.9 Å². The van der Waals surface area contributed by atoms with Gasteiger partial charge in [-0.2, -0.15) is 0 Å². The molecule has 2 aromatic carbocycles. The summed E-state index contributed by atoms with van der Waals surface area (Å²) in [5.41, 5.74) is 2.22. The third-order valence-electron chi connectivity index (χ3n) is 6.27. The molecule has 5 heteroatoms. The highest BCUT2D eigenvalue weighted by molar-refractivity contribution is 5.84. The van der Waals surface area contributed by atoms with Crippen molar-refractivity contribution < 1.29 is 23.7 Å². The maximum Gasteiger partial charge on any atom is 0.160 e. The molecule has 0 aromatic heterocycles. The van der Waals surface area contributed by atoms with Gasteiger partial charge in [0.1, 0.15) is 5.78 Å². The van der Waals surface area contributed by atoms with Gasteiger partial charge >= 0.3 is 0 Å². The molecular weight excluding hydrogens is 392 g/mol. The van der Waals surface area contributed by atoms with Gasteiger partial charge in [0, 0.05) is 11.8 Å². The Kier molecular flexibility index (Phi) is 8.21. The van der Waals surface area contributed by atoms with E-state index in [9.17, 15) is 4.79 Å². The van der Waals surface area contributed by atoms with E-state index in [1.54, 1.807) is 28.4 Å². The largest absolute Gasteiger partial charge is 0.493 e. The van der Waals surface area contributed by atoms with E-state index in [1.807, 2.05) is 36.4 Å². The summed E-state index contributed by atoms with van der Waals surface area (Å²) in [6.45, 7) is 0. The van der Waals surface area contributed by atoms with Crippen LogP contribution in [-0.2, 0) is 17.6 Å². The average Bonchev–Trinajstić information content (AvgIpc) is 2.80. The number of hydrogen-bond acceptors (Lipinski definition) is 5. The first-order valence-corrected chi connectivity index (χ1v) is 11.0. The lowest BCUT2D eigenvalue weighted by molar-refractivity contribution is -0.127. The molecule has 2 atom stereocenters. The van der Waals surface area contributed by atoms with Crippen LogP contribution in [0.2, 0.25) is 0 Å². The molecular formula is C26H34O5. The van der Waals surface area contributed by atoms with Crippen molar-refractivity contribution in [3.8, 4) is 23.0 Å². The summed E-state index contributed by atoms with van der Waals surface area (Å²) >= 11 is 0. The van der Waals surface area contributed by atoms with Gasteiger partial charge in [0.2, 0.25) is 0 Å². The molecule has 0 radical (unpaired) electrons. The van der Waals surface area contributed by atoms with Gasteiger partial charge in [-0.3, -0.25) is 4.79 Å². The van der Waals surface area contributed by atoms with Crippen LogP contribution < -0.4 is 18.9 Å². The zero-order valence-electron chi connectivity index (χ0n) is 19.1. The van der Waals surface area contributed by atoms with Crippen LogP contribution in [-0.4, -0.2) is 34.2 Å². The third kappa shape index (κ3) is 5.72. The quantitative estimate of drug-likeness (QED) is 0.575. The van der Waals surface area contributed by atoms with E-state index in [2.05, 4.69) is 0 Å². The van der Waals surface area contributed by atoms with E-state index in [1.165, 1.54) is 6.42 Å². The van der Waals surface area contributed by atoms with Crippen LogP contribution in [0.3, 0.4) is 0 Å². The van der Waals surface area contributed by atoms with Crippen molar-refractivity contribution in [2.75, 3.05) is 28.4 Å². The van der Waals surface area contributed by atoms with Gasteiger partial charge in [-0.25, -0.2) is 0 Å². The number of carbonyl (C=O) groups is 1. The Balaban J connectivity index is 1.77. The lowest BCUT2D eigenvalue weighted by atomic mass is 9.78. The lowest BCUT2D eigenvalue weighted by Crippen LogP contribution is -2.28. The minimum atomic E-state index is 0.0311. The molecule has 0 N–H and O–H groups in total. The van der Waals surface area contributed by atoms with Crippen LogP contribution in [0.25, 0.3) is 0 Å². The Labute approximate surface area is 185 Å². The summed E-state index contributed by atoms with van der Waals surface area (Å²) in [4.78, 5) is 13.6. The van der Waals surface area contributed by atoms with Crippen molar-refractivity contribution in [2.45, 2.75) is 44.9 Å². The molecule has 1 fully saturated rings. The second kappa shape index (κ2) is 11.1. The molecule has 0 heterocycles. The number of rotatable bonds is 8. The van der Waals surface area contributed by atoms with Gasteiger partial charge in [-0.1, -0.05) is 31.4 Å². The minimum absolute atomic E-state index is 0.0311. The predicted octanol–water partition coefficient (Wildman–Crippen LogP) is 5.27. The smallest absolute Gasteiger partial charge is 0.160 e. The highest BCUT2D eigenvalue weighted by atomic mass is 16.5. The molecule has 1 saturated carbocycles. The predicted molar refractivity (Wildman–Crippen MR) is 122 cm³/mol. The van der Waals surface area contributed by atoms with Crippen LogP contribution in [0.1, 0.15) is 43.2 Å². The topological polar surface area (TPSA) is 54.0 Å². The van der Waals surface area contributed by atoms with Gasteiger partial charge in [0.25, 0.3) is 0 Å². The number of hydrogen-bond donors (Lipinski definition) is 0. The second-order valence-electron chi connectivity index (χ2n) is 8.22. The molecule has 5 nitrogen and oxygen atoms in total. The Bertz CT molecular complexity index is 807. The highest BCUT2D eigenvalue weighted by Crippen LogP contribution is 2.34. The van der Waals surface area contributed by atoms with Crippen molar-refractivity contribution in [3.05, 3.63) is 47.5 Å². The number of ketones is 1. The summed E-state index contributed by atoms with van der Waals surface area (Å²) in [5.74, 6) is 3.28. The van der Waals surface area contributed by atoms with E-state index in [0.717, 1.165) is 49.7 Å². The molecule has 0 bridgehead atoms. The Morgan fingerprint density at radius 2 is 1.06 bits per heavy atom. The van der Waals surface area contributed by atoms with Crippen LogP contribution in [0.4, 0.5) is 0 Å². The van der Waals surface area contributed by atoms with Crippen LogP contribution in [0.5, 0.6) is 23.0 Å². The number of Topliss-reactive ketones (excluding diaryl/α,β-unsaturated/α-hetero) is 1. The van der Waals surface area contributed by atoms with E-state index in [4.69, 9.17) is 18.9 Å². The molecule has 2 unspecified atom stereocenters.